The first-order valence-corrected chi connectivity index (χ1v) is 9.65. The highest BCUT2D eigenvalue weighted by molar-refractivity contribution is 6.31. The second-order valence-corrected chi connectivity index (χ2v) is 7.32. The van der Waals surface area contributed by atoms with E-state index in [-0.39, 0.29) is 29.0 Å². The third-order valence-electron chi connectivity index (χ3n) is 5.47. The quantitative estimate of drug-likeness (QED) is 0.708. The van der Waals surface area contributed by atoms with Crippen molar-refractivity contribution in [2.45, 2.75) is 18.9 Å². The fourth-order valence-corrected chi connectivity index (χ4v) is 3.99. The Hall–Kier alpha value is -2.70. The van der Waals surface area contributed by atoms with Crippen LogP contribution < -0.4 is 10.2 Å². The smallest absolute Gasteiger partial charge is 0.198 e. The number of nitrogens with one attached hydrogen (secondary N) is 1. The molecule has 2 aromatic carbocycles. The summed E-state index contributed by atoms with van der Waals surface area (Å²) in [6.07, 6.45) is 2.04. The van der Waals surface area contributed by atoms with E-state index in [1.54, 1.807) is 30.3 Å². The van der Waals surface area contributed by atoms with Gasteiger partial charge in [-0.05, 0) is 25.0 Å². The summed E-state index contributed by atoms with van der Waals surface area (Å²) in [7, 11) is 1.91. The van der Waals surface area contributed by atoms with Crippen molar-refractivity contribution in [2.75, 3.05) is 38.2 Å². The van der Waals surface area contributed by atoms with Crippen LogP contribution in [0.15, 0.2) is 36.4 Å². The second kappa shape index (κ2) is 7.73. The molecule has 1 heterocycles. The van der Waals surface area contributed by atoms with E-state index in [1.165, 1.54) is 6.07 Å². The summed E-state index contributed by atoms with van der Waals surface area (Å²) >= 11 is 0. The maximum atomic E-state index is 13.1. The van der Waals surface area contributed by atoms with E-state index < -0.39 is 0 Å². The number of morpholine rings is 1. The number of ketones is 2. The van der Waals surface area contributed by atoms with Crippen molar-refractivity contribution in [1.82, 2.24) is 5.32 Å². The Morgan fingerprint density at radius 3 is 2.50 bits per heavy atom. The minimum atomic E-state index is -0.306. The van der Waals surface area contributed by atoms with E-state index in [4.69, 9.17) is 4.74 Å². The zero-order valence-electron chi connectivity index (χ0n) is 15.9. The minimum absolute atomic E-state index is 0.105. The van der Waals surface area contributed by atoms with E-state index in [0.29, 0.717) is 22.4 Å². The van der Waals surface area contributed by atoms with Crippen LogP contribution in [0.3, 0.4) is 0 Å². The van der Waals surface area contributed by atoms with Crippen molar-refractivity contribution in [3.05, 3.63) is 58.7 Å². The Balaban J connectivity index is 1.59. The molecule has 4 rings (SSSR count). The highest BCUT2D eigenvalue weighted by atomic mass is 16.5. The SMILES string of the molecule is CN(CCCC1CNCCO1)c1ccc(O)c2c1C(=O)c1ccccc1C2=O. The average Bonchev–Trinajstić information content (AvgIpc) is 2.72. The van der Waals surface area contributed by atoms with E-state index in [0.717, 1.165) is 39.1 Å². The summed E-state index contributed by atoms with van der Waals surface area (Å²) in [5.41, 5.74) is 1.80. The number of rotatable bonds is 5. The summed E-state index contributed by atoms with van der Waals surface area (Å²) < 4.78 is 5.73. The fourth-order valence-electron chi connectivity index (χ4n) is 3.99. The lowest BCUT2D eigenvalue weighted by molar-refractivity contribution is 0.0228. The number of fused-ring (bicyclic) bond motifs is 2. The molecule has 0 saturated carbocycles. The molecular formula is C22H24N2O4. The van der Waals surface area contributed by atoms with Gasteiger partial charge in [-0.1, -0.05) is 24.3 Å². The fraction of sp³-hybridized carbons (Fsp3) is 0.364. The Kier molecular flexibility index (Phi) is 5.15. The van der Waals surface area contributed by atoms with Gasteiger partial charge in [0.15, 0.2) is 11.6 Å². The van der Waals surface area contributed by atoms with Crippen LogP contribution in [0.5, 0.6) is 5.75 Å². The average molecular weight is 380 g/mol. The Morgan fingerprint density at radius 1 is 1.11 bits per heavy atom. The molecule has 1 aliphatic carbocycles. The number of phenols is 1. The molecule has 1 unspecified atom stereocenters. The van der Waals surface area contributed by atoms with Crippen molar-refractivity contribution >= 4 is 17.3 Å². The highest BCUT2D eigenvalue weighted by Crippen LogP contribution is 2.38. The molecule has 6 heteroatoms. The molecule has 2 N–H and O–H groups in total. The number of nitrogens with zero attached hydrogens (tertiary/aromatic N) is 1. The highest BCUT2D eigenvalue weighted by Gasteiger charge is 2.34. The monoisotopic (exact) mass is 380 g/mol. The summed E-state index contributed by atoms with van der Waals surface area (Å²) in [5.74, 6) is -0.677. The van der Waals surface area contributed by atoms with Gasteiger partial charge in [0, 0.05) is 43.5 Å². The first kappa shape index (κ1) is 18.7. The molecule has 0 aromatic heterocycles. The van der Waals surface area contributed by atoms with Crippen molar-refractivity contribution in [3.8, 4) is 5.75 Å². The summed E-state index contributed by atoms with van der Waals surface area (Å²) in [6, 6.07) is 9.99. The number of carbonyl (C=O) groups is 2. The van der Waals surface area contributed by atoms with Crippen molar-refractivity contribution in [1.29, 1.82) is 0 Å². The van der Waals surface area contributed by atoms with E-state index in [1.807, 2.05) is 11.9 Å². The maximum absolute atomic E-state index is 13.1. The first-order valence-electron chi connectivity index (χ1n) is 9.65. The molecule has 0 bridgehead atoms. The zero-order valence-corrected chi connectivity index (χ0v) is 15.9. The number of phenolic OH excluding ortho intramolecular Hbond substituents is 1. The van der Waals surface area contributed by atoms with Crippen LogP contribution in [0, 0.1) is 0 Å². The van der Waals surface area contributed by atoms with Gasteiger partial charge in [-0.25, -0.2) is 0 Å². The molecule has 6 nitrogen and oxygen atoms in total. The minimum Gasteiger partial charge on any atom is -0.507 e. The molecule has 1 fully saturated rings. The molecular weight excluding hydrogens is 356 g/mol. The predicted octanol–water partition coefficient (Wildman–Crippen LogP) is 2.37. The number of aromatic hydroxyl groups is 1. The van der Waals surface area contributed by atoms with Crippen LogP contribution in [0.4, 0.5) is 5.69 Å². The van der Waals surface area contributed by atoms with Crippen LogP contribution >= 0.6 is 0 Å². The van der Waals surface area contributed by atoms with Gasteiger partial charge in [-0.3, -0.25) is 9.59 Å². The molecule has 2 aromatic rings. The predicted molar refractivity (Wildman–Crippen MR) is 107 cm³/mol. The second-order valence-electron chi connectivity index (χ2n) is 7.32. The number of hydrogen-bond donors (Lipinski definition) is 2. The van der Waals surface area contributed by atoms with Gasteiger partial charge in [0.05, 0.1) is 23.8 Å². The molecule has 0 radical (unpaired) electrons. The number of carbonyl (C=O) groups excluding carboxylic acids is 2. The molecule has 28 heavy (non-hydrogen) atoms. The third-order valence-corrected chi connectivity index (χ3v) is 5.47. The molecule has 0 amide bonds. The van der Waals surface area contributed by atoms with E-state index in [9.17, 15) is 14.7 Å². The van der Waals surface area contributed by atoms with E-state index in [2.05, 4.69) is 5.32 Å². The lowest BCUT2D eigenvalue weighted by Crippen LogP contribution is -2.38. The Morgan fingerprint density at radius 2 is 1.82 bits per heavy atom. The molecule has 1 aliphatic heterocycles. The molecule has 1 atom stereocenters. The lowest BCUT2D eigenvalue weighted by atomic mass is 9.82. The molecule has 146 valence electrons. The van der Waals surface area contributed by atoms with Gasteiger partial charge in [0.1, 0.15) is 5.75 Å². The molecule has 0 spiro atoms. The summed E-state index contributed by atoms with van der Waals surface area (Å²) in [5, 5.41) is 13.6. The topological polar surface area (TPSA) is 78.9 Å². The van der Waals surface area contributed by atoms with Gasteiger partial charge < -0.3 is 20.1 Å². The van der Waals surface area contributed by atoms with Gasteiger partial charge in [0.25, 0.3) is 0 Å². The zero-order chi connectivity index (χ0) is 19.7. The normalized spacial score (nSPS) is 18.5. The van der Waals surface area contributed by atoms with Crippen molar-refractivity contribution in [3.63, 3.8) is 0 Å². The molecule has 1 saturated heterocycles. The van der Waals surface area contributed by atoms with Crippen LogP contribution in [0.25, 0.3) is 0 Å². The largest absolute Gasteiger partial charge is 0.507 e. The maximum Gasteiger partial charge on any atom is 0.198 e. The lowest BCUT2D eigenvalue weighted by Gasteiger charge is -2.28. The van der Waals surface area contributed by atoms with Gasteiger partial charge in [0.2, 0.25) is 0 Å². The number of hydrogen-bond acceptors (Lipinski definition) is 6. The third kappa shape index (κ3) is 3.30. The number of benzene rings is 2. The van der Waals surface area contributed by atoms with E-state index >= 15 is 0 Å². The Bertz CT molecular complexity index is 919. The van der Waals surface area contributed by atoms with Gasteiger partial charge in [-0.2, -0.15) is 0 Å². The van der Waals surface area contributed by atoms with Crippen LogP contribution in [-0.2, 0) is 4.74 Å². The number of anilines is 1. The first-order chi connectivity index (χ1) is 13.6. The summed E-state index contributed by atoms with van der Waals surface area (Å²) in [4.78, 5) is 28.0. The van der Waals surface area contributed by atoms with Gasteiger partial charge >= 0.3 is 0 Å². The Labute approximate surface area is 164 Å². The van der Waals surface area contributed by atoms with Crippen molar-refractivity contribution in [2.24, 2.45) is 0 Å². The van der Waals surface area contributed by atoms with Crippen molar-refractivity contribution < 1.29 is 19.4 Å². The van der Waals surface area contributed by atoms with Gasteiger partial charge in [-0.15, -0.1) is 0 Å². The summed E-state index contributed by atoms with van der Waals surface area (Å²) in [6.45, 7) is 3.22. The van der Waals surface area contributed by atoms with Crippen LogP contribution in [-0.4, -0.2) is 56.1 Å². The van der Waals surface area contributed by atoms with Crippen LogP contribution in [0.2, 0.25) is 0 Å². The standard InChI is InChI=1S/C22H24N2O4/c1-24(11-4-5-14-13-23-10-12-28-14)17-8-9-18(25)20-19(17)21(26)15-6-2-3-7-16(15)22(20)27/h2-3,6-9,14,23,25H,4-5,10-13H2,1H3. The number of ether oxygens (including phenoxy) is 1. The van der Waals surface area contributed by atoms with Crippen LogP contribution in [0.1, 0.15) is 44.7 Å². The molecule has 2 aliphatic rings.